The summed E-state index contributed by atoms with van der Waals surface area (Å²) in [6.07, 6.45) is 8.42. The number of hydrogen-bond acceptors (Lipinski definition) is 2. The van der Waals surface area contributed by atoms with E-state index in [2.05, 4.69) is 6.58 Å². The third kappa shape index (κ3) is 3.14. The van der Waals surface area contributed by atoms with Crippen LogP contribution in [-0.2, 0) is 9.84 Å². The van der Waals surface area contributed by atoms with Gasteiger partial charge in [-0.3, -0.25) is 0 Å². The fourth-order valence-corrected chi connectivity index (χ4v) is 3.37. The summed E-state index contributed by atoms with van der Waals surface area (Å²) in [7, 11) is -2.76. The minimum atomic E-state index is -2.76. The largest absolute Gasteiger partial charge is 0.229 e. The van der Waals surface area contributed by atoms with Gasteiger partial charge in [0.2, 0.25) is 0 Å². The third-order valence-corrected chi connectivity index (χ3v) is 4.60. The van der Waals surface area contributed by atoms with Gasteiger partial charge < -0.3 is 0 Å². The Hall–Kier alpha value is -0.310. The molecule has 1 unspecified atom stereocenters. The summed E-state index contributed by atoms with van der Waals surface area (Å²) in [6, 6.07) is 0. The molecule has 1 fully saturated rings. The van der Waals surface area contributed by atoms with E-state index in [-0.39, 0.29) is 5.25 Å². The van der Waals surface area contributed by atoms with Crippen LogP contribution >= 0.6 is 0 Å². The highest BCUT2D eigenvalue weighted by molar-refractivity contribution is 7.92. The number of hydrogen-bond donors (Lipinski definition) is 0. The van der Waals surface area contributed by atoms with Crippen LogP contribution in [0.1, 0.15) is 32.1 Å². The molecule has 0 amide bonds. The standard InChI is InChI=1S/C10H17O2S/c1-2-3-4-5-7-10-8-6-9-13(10,11)12/h2,8,10H,1,3-7,9H2. The SMILES string of the molecule is C=CCCCCC1[CH]CCS1(=O)=O. The monoisotopic (exact) mass is 201 g/mol. The van der Waals surface area contributed by atoms with Crippen LogP contribution in [0.2, 0.25) is 0 Å². The van der Waals surface area contributed by atoms with E-state index in [1.807, 2.05) is 12.5 Å². The Morgan fingerprint density at radius 3 is 2.77 bits per heavy atom. The predicted octanol–water partition coefficient (Wildman–Crippen LogP) is 2.12. The molecule has 0 aromatic carbocycles. The van der Waals surface area contributed by atoms with E-state index in [1.165, 1.54) is 0 Å². The van der Waals surface area contributed by atoms with Crippen LogP contribution in [0.4, 0.5) is 0 Å². The Morgan fingerprint density at radius 2 is 2.23 bits per heavy atom. The first-order chi connectivity index (χ1) is 6.17. The van der Waals surface area contributed by atoms with E-state index in [9.17, 15) is 8.42 Å². The maximum Gasteiger partial charge on any atom is 0.153 e. The molecule has 1 radical (unpaired) electrons. The molecule has 1 aliphatic rings. The van der Waals surface area contributed by atoms with Gasteiger partial charge >= 0.3 is 0 Å². The van der Waals surface area contributed by atoms with Crippen molar-refractivity contribution in [2.45, 2.75) is 37.4 Å². The molecule has 0 aromatic rings. The number of rotatable bonds is 5. The normalized spacial score (nSPS) is 26.0. The first-order valence-electron chi connectivity index (χ1n) is 4.82. The lowest BCUT2D eigenvalue weighted by molar-refractivity contribution is 0.583. The van der Waals surface area contributed by atoms with Crippen molar-refractivity contribution in [2.24, 2.45) is 0 Å². The van der Waals surface area contributed by atoms with Gasteiger partial charge in [0.1, 0.15) is 0 Å². The molecule has 1 saturated heterocycles. The summed E-state index contributed by atoms with van der Waals surface area (Å²) in [5.41, 5.74) is 0. The van der Waals surface area contributed by atoms with Crippen LogP contribution in [-0.4, -0.2) is 19.4 Å². The molecule has 2 nitrogen and oxygen atoms in total. The van der Waals surface area contributed by atoms with Gasteiger partial charge in [0.05, 0.1) is 11.0 Å². The fourth-order valence-electron chi connectivity index (χ4n) is 1.65. The van der Waals surface area contributed by atoms with E-state index < -0.39 is 9.84 Å². The highest BCUT2D eigenvalue weighted by Gasteiger charge is 2.30. The molecule has 0 bridgehead atoms. The summed E-state index contributed by atoms with van der Waals surface area (Å²) in [6.45, 7) is 3.63. The van der Waals surface area contributed by atoms with Gasteiger partial charge in [0, 0.05) is 0 Å². The maximum atomic E-state index is 11.4. The van der Waals surface area contributed by atoms with Gasteiger partial charge in [-0.25, -0.2) is 8.42 Å². The molecule has 75 valence electrons. The average molecular weight is 201 g/mol. The molecule has 0 aromatic heterocycles. The minimum absolute atomic E-state index is 0.155. The highest BCUT2D eigenvalue weighted by Crippen LogP contribution is 2.23. The van der Waals surface area contributed by atoms with Gasteiger partial charge in [-0.05, 0) is 32.1 Å². The zero-order valence-corrected chi connectivity index (χ0v) is 8.72. The lowest BCUT2D eigenvalue weighted by Gasteiger charge is -2.07. The van der Waals surface area contributed by atoms with E-state index in [0.29, 0.717) is 5.75 Å². The first kappa shape index (κ1) is 10.8. The Labute approximate surface area is 81.0 Å². The van der Waals surface area contributed by atoms with Crippen LogP contribution in [0.3, 0.4) is 0 Å². The molecule has 1 aliphatic heterocycles. The van der Waals surface area contributed by atoms with E-state index in [1.54, 1.807) is 0 Å². The zero-order chi connectivity index (χ0) is 9.73. The summed E-state index contributed by atoms with van der Waals surface area (Å²) in [4.78, 5) is 0. The van der Waals surface area contributed by atoms with Crippen molar-refractivity contribution in [1.82, 2.24) is 0 Å². The van der Waals surface area contributed by atoms with Gasteiger partial charge in [-0.1, -0.05) is 12.5 Å². The van der Waals surface area contributed by atoms with Crippen molar-refractivity contribution in [2.75, 3.05) is 5.75 Å². The Kier molecular flexibility index (Phi) is 3.97. The lowest BCUT2D eigenvalue weighted by atomic mass is 10.1. The fraction of sp³-hybridized carbons (Fsp3) is 0.700. The summed E-state index contributed by atoms with van der Waals surface area (Å²) in [5, 5.41) is -0.155. The van der Waals surface area contributed by atoms with Crippen LogP contribution in [0.25, 0.3) is 0 Å². The summed E-state index contributed by atoms with van der Waals surface area (Å²) >= 11 is 0. The van der Waals surface area contributed by atoms with Crippen LogP contribution in [0.5, 0.6) is 0 Å². The molecule has 0 spiro atoms. The second kappa shape index (κ2) is 4.80. The first-order valence-corrected chi connectivity index (χ1v) is 6.54. The molecular formula is C10H17O2S. The molecule has 3 heteroatoms. The molecule has 13 heavy (non-hydrogen) atoms. The zero-order valence-electron chi connectivity index (χ0n) is 7.91. The summed E-state index contributed by atoms with van der Waals surface area (Å²) in [5.74, 6) is 0.360. The summed E-state index contributed by atoms with van der Waals surface area (Å²) < 4.78 is 22.7. The van der Waals surface area contributed by atoms with Crippen LogP contribution in [0.15, 0.2) is 12.7 Å². The lowest BCUT2D eigenvalue weighted by Crippen LogP contribution is -2.15. The molecule has 1 atom stereocenters. The quantitative estimate of drug-likeness (QED) is 0.504. The molecule has 1 heterocycles. The van der Waals surface area contributed by atoms with Gasteiger partial charge in [-0.2, -0.15) is 0 Å². The van der Waals surface area contributed by atoms with Crippen molar-refractivity contribution >= 4 is 9.84 Å². The van der Waals surface area contributed by atoms with Gasteiger partial charge in [0.15, 0.2) is 9.84 Å². The van der Waals surface area contributed by atoms with Crippen molar-refractivity contribution in [3.05, 3.63) is 19.1 Å². The number of unbranched alkanes of at least 4 members (excludes halogenated alkanes) is 2. The van der Waals surface area contributed by atoms with Crippen molar-refractivity contribution in [1.29, 1.82) is 0 Å². The third-order valence-electron chi connectivity index (χ3n) is 2.44. The van der Waals surface area contributed by atoms with Crippen LogP contribution < -0.4 is 0 Å². The van der Waals surface area contributed by atoms with Gasteiger partial charge in [0.25, 0.3) is 0 Å². The van der Waals surface area contributed by atoms with Crippen molar-refractivity contribution < 1.29 is 8.42 Å². The molecule has 0 N–H and O–H groups in total. The van der Waals surface area contributed by atoms with Crippen molar-refractivity contribution in [3.63, 3.8) is 0 Å². The molecule has 0 saturated carbocycles. The van der Waals surface area contributed by atoms with E-state index in [0.717, 1.165) is 32.1 Å². The maximum absolute atomic E-state index is 11.4. The van der Waals surface area contributed by atoms with Crippen LogP contribution in [0, 0.1) is 6.42 Å². The number of allylic oxidation sites excluding steroid dienone is 1. The smallest absolute Gasteiger partial charge is 0.153 e. The Morgan fingerprint density at radius 1 is 1.46 bits per heavy atom. The Bertz CT molecular complexity index is 254. The highest BCUT2D eigenvalue weighted by atomic mass is 32.2. The molecule has 0 aliphatic carbocycles. The number of sulfone groups is 1. The molecule has 1 rings (SSSR count). The predicted molar refractivity (Wildman–Crippen MR) is 55.2 cm³/mol. The second-order valence-corrected chi connectivity index (χ2v) is 5.84. The minimum Gasteiger partial charge on any atom is -0.229 e. The van der Waals surface area contributed by atoms with Gasteiger partial charge in [-0.15, -0.1) is 6.58 Å². The average Bonchev–Trinajstić information content (AvgIpc) is 2.40. The molecular weight excluding hydrogens is 184 g/mol. The second-order valence-electron chi connectivity index (χ2n) is 3.50. The van der Waals surface area contributed by atoms with E-state index in [4.69, 9.17) is 0 Å². The van der Waals surface area contributed by atoms with E-state index >= 15 is 0 Å². The van der Waals surface area contributed by atoms with Crippen molar-refractivity contribution in [3.8, 4) is 0 Å². The Balaban J connectivity index is 2.25. The topological polar surface area (TPSA) is 34.1 Å².